The van der Waals surface area contributed by atoms with Crippen LogP contribution in [-0.2, 0) is 13.6 Å². The Morgan fingerprint density at radius 2 is 2.22 bits per heavy atom. The van der Waals surface area contributed by atoms with Crippen LogP contribution in [0.1, 0.15) is 24.1 Å². The summed E-state index contributed by atoms with van der Waals surface area (Å²) in [6, 6.07) is 3.87. The molecular weight excluding hydrogens is 248 g/mol. The summed E-state index contributed by atoms with van der Waals surface area (Å²) in [4.78, 5) is 0. The summed E-state index contributed by atoms with van der Waals surface area (Å²) in [5.41, 5.74) is 3.79. The fourth-order valence-corrected chi connectivity index (χ4v) is 3.27. The quantitative estimate of drug-likeness (QED) is 0.857. The number of rotatable bonds is 1. The summed E-state index contributed by atoms with van der Waals surface area (Å²) in [6.45, 7) is 4.13. The van der Waals surface area contributed by atoms with Crippen LogP contribution in [0, 0.1) is 0 Å². The van der Waals surface area contributed by atoms with E-state index in [1.807, 2.05) is 12.1 Å². The summed E-state index contributed by atoms with van der Waals surface area (Å²) in [7, 11) is 3.79. The number of aryl methyl sites for hydroxylation is 1. The first-order chi connectivity index (χ1) is 8.65. The third-order valence-corrected chi connectivity index (χ3v) is 4.18. The van der Waals surface area contributed by atoms with Gasteiger partial charge < -0.3 is 14.6 Å². The van der Waals surface area contributed by atoms with Crippen LogP contribution in [0.25, 0.3) is 10.9 Å². The number of nitrogens with one attached hydrogen (secondary N) is 1. The number of benzene rings is 1. The molecule has 96 valence electrons. The van der Waals surface area contributed by atoms with Gasteiger partial charge in [-0.3, -0.25) is 0 Å². The van der Waals surface area contributed by atoms with E-state index in [9.17, 15) is 0 Å². The highest BCUT2D eigenvalue weighted by Crippen LogP contribution is 2.41. The van der Waals surface area contributed by atoms with Gasteiger partial charge in [0, 0.05) is 31.2 Å². The predicted molar refractivity (Wildman–Crippen MR) is 74.6 cm³/mol. The van der Waals surface area contributed by atoms with Gasteiger partial charge in [-0.2, -0.15) is 0 Å². The molecule has 0 saturated heterocycles. The molecule has 0 radical (unpaired) electrons. The second-order valence-corrected chi connectivity index (χ2v) is 5.33. The summed E-state index contributed by atoms with van der Waals surface area (Å²) < 4.78 is 7.68. The molecule has 0 saturated carbocycles. The van der Waals surface area contributed by atoms with Crippen molar-refractivity contribution in [1.82, 2.24) is 9.88 Å². The molecule has 0 spiro atoms. The predicted octanol–water partition coefficient (Wildman–Crippen LogP) is 3.05. The largest absolute Gasteiger partial charge is 0.495 e. The number of fused-ring (bicyclic) bond motifs is 3. The van der Waals surface area contributed by atoms with E-state index in [-0.39, 0.29) is 0 Å². The Balaban J connectivity index is 2.46. The van der Waals surface area contributed by atoms with Gasteiger partial charge in [0.25, 0.3) is 0 Å². The Bertz CT molecular complexity index is 618. The molecule has 1 aliphatic heterocycles. The highest BCUT2D eigenvalue weighted by atomic mass is 35.5. The minimum absolute atomic E-state index is 0.474. The van der Waals surface area contributed by atoms with E-state index in [1.165, 1.54) is 11.3 Å². The molecular formula is C14H17ClN2O. The number of halogens is 1. The van der Waals surface area contributed by atoms with Crippen molar-refractivity contribution in [3.8, 4) is 5.75 Å². The topological polar surface area (TPSA) is 26.2 Å². The van der Waals surface area contributed by atoms with Crippen molar-refractivity contribution in [3.05, 3.63) is 28.4 Å². The minimum atomic E-state index is 0.474. The molecule has 1 aliphatic rings. The fraction of sp³-hybridized carbons (Fsp3) is 0.429. The first kappa shape index (κ1) is 11.9. The molecule has 1 aromatic heterocycles. The van der Waals surface area contributed by atoms with Crippen LogP contribution in [0.4, 0.5) is 0 Å². The molecule has 0 fully saturated rings. The smallest absolute Gasteiger partial charge is 0.143 e. The molecule has 1 atom stereocenters. The van der Waals surface area contributed by atoms with E-state index < -0.39 is 0 Å². The Labute approximate surface area is 112 Å². The maximum atomic E-state index is 6.41. The summed E-state index contributed by atoms with van der Waals surface area (Å²) in [6.07, 6.45) is 0. The van der Waals surface area contributed by atoms with E-state index >= 15 is 0 Å². The lowest BCUT2D eigenvalue weighted by Gasteiger charge is -2.21. The molecule has 0 aliphatic carbocycles. The van der Waals surface area contributed by atoms with Crippen molar-refractivity contribution in [2.24, 2.45) is 7.05 Å². The number of aromatic nitrogens is 1. The molecule has 4 heteroatoms. The molecule has 3 rings (SSSR count). The monoisotopic (exact) mass is 264 g/mol. The number of nitrogens with zero attached hydrogens (tertiary/aromatic N) is 1. The molecule has 3 nitrogen and oxygen atoms in total. The summed E-state index contributed by atoms with van der Waals surface area (Å²) in [5.74, 6) is 1.36. The van der Waals surface area contributed by atoms with Gasteiger partial charge >= 0.3 is 0 Å². The maximum Gasteiger partial charge on any atom is 0.143 e. The van der Waals surface area contributed by atoms with E-state index in [2.05, 4.69) is 23.9 Å². The third kappa shape index (κ3) is 1.47. The van der Waals surface area contributed by atoms with Crippen LogP contribution >= 0.6 is 11.6 Å². The molecule has 0 bridgehead atoms. The van der Waals surface area contributed by atoms with Gasteiger partial charge in [-0.25, -0.2) is 0 Å². The zero-order chi connectivity index (χ0) is 12.9. The Hall–Kier alpha value is -1.19. The lowest BCUT2D eigenvalue weighted by atomic mass is 9.94. The van der Waals surface area contributed by atoms with Crippen molar-refractivity contribution in [2.45, 2.75) is 19.4 Å². The minimum Gasteiger partial charge on any atom is -0.495 e. The van der Waals surface area contributed by atoms with Crippen LogP contribution < -0.4 is 10.1 Å². The highest BCUT2D eigenvalue weighted by molar-refractivity contribution is 6.36. The standard InChI is InChI=1S/C14H17ClN2O/c1-8-6-16-7-10-12(8)13-9(15)4-5-11(18-3)14(13)17(10)2/h4-5,8,16H,6-7H2,1-3H3. The maximum absolute atomic E-state index is 6.41. The van der Waals surface area contributed by atoms with Crippen LogP contribution in [0.2, 0.25) is 5.02 Å². The van der Waals surface area contributed by atoms with Crippen molar-refractivity contribution >= 4 is 22.5 Å². The molecule has 1 N–H and O–H groups in total. The van der Waals surface area contributed by atoms with Crippen molar-refractivity contribution in [3.63, 3.8) is 0 Å². The van der Waals surface area contributed by atoms with Crippen LogP contribution in [0.5, 0.6) is 5.75 Å². The summed E-state index contributed by atoms with van der Waals surface area (Å²) in [5, 5.41) is 5.42. The third-order valence-electron chi connectivity index (χ3n) is 3.87. The van der Waals surface area contributed by atoms with E-state index in [4.69, 9.17) is 16.3 Å². The van der Waals surface area contributed by atoms with Gasteiger partial charge in [-0.15, -0.1) is 0 Å². The second-order valence-electron chi connectivity index (χ2n) is 4.92. The molecule has 0 amide bonds. The number of hydrogen-bond acceptors (Lipinski definition) is 2. The van der Waals surface area contributed by atoms with Crippen molar-refractivity contribution in [1.29, 1.82) is 0 Å². The van der Waals surface area contributed by atoms with Crippen molar-refractivity contribution in [2.75, 3.05) is 13.7 Å². The average molecular weight is 265 g/mol. The van der Waals surface area contributed by atoms with E-state index in [1.54, 1.807) is 7.11 Å². The Morgan fingerprint density at radius 3 is 2.94 bits per heavy atom. The second kappa shape index (κ2) is 4.18. The van der Waals surface area contributed by atoms with Gasteiger partial charge in [0.15, 0.2) is 0 Å². The molecule has 1 aromatic carbocycles. The highest BCUT2D eigenvalue weighted by Gasteiger charge is 2.26. The van der Waals surface area contributed by atoms with Gasteiger partial charge in [-0.1, -0.05) is 18.5 Å². The molecule has 1 unspecified atom stereocenters. The molecule has 2 aromatic rings. The van der Waals surface area contributed by atoms with Crippen LogP contribution in [0.15, 0.2) is 12.1 Å². The van der Waals surface area contributed by atoms with Crippen LogP contribution in [-0.4, -0.2) is 18.2 Å². The number of methoxy groups -OCH3 is 1. The summed E-state index contributed by atoms with van der Waals surface area (Å²) >= 11 is 6.41. The average Bonchev–Trinajstić information content (AvgIpc) is 2.67. The normalized spacial score (nSPS) is 19.0. The fourth-order valence-electron chi connectivity index (χ4n) is 3.02. The lowest BCUT2D eigenvalue weighted by molar-refractivity contribution is 0.417. The van der Waals surface area contributed by atoms with Crippen LogP contribution in [0.3, 0.4) is 0 Å². The van der Waals surface area contributed by atoms with E-state index in [0.717, 1.165) is 34.8 Å². The SMILES string of the molecule is COc1ccc(Cl)c2c3c(n(C)c12)CNCC3C. The first-order valence-corrected chi connectivity index (χ1v) is 6.57. The van der Waals surface area contributed by atoms with Gasteiger partial charge in [0.2, 0.25) is 0 Å². The molecule has 2 heterocycles. The number of hydrogen-bond donors (Lipinski definition) is 1. The Kier molecular flexibility index (Phi) is 2.76. The van der Waals surface area contributed by atoms with Crippen molar-refractivity contribution < 1.29 is 4.74 Å². The van der Waals surface area contributed by atoms with Gasteiger partial charge in [0.05, 0.1) is 17.6 Å². The lowest BCUT2D eigenvalue weighted by Crippen LogP contribution is -2.27. The number of ether oxygens (including phenoxy) is 1. The molecule has 18 heavy (non-hydrogen) atoms. The van der Waals surface area contributed by atoms with Gasteiger partial charge in [-0.05, 0) is 23.6 Å². The zero-order valence-electron chi connectivity index (χ0n) is 10.9. The first-order valence-electron chi connectivity index (χ1n) is 6.19. The van der Waals surface area contributed by atoms with E-state index in [0.29, 0.717) is 5.92 Å². The Morgan fingerprint density at radius 1 is 1.44 bits per heavy atom. The van der Waals surface area contributed by atoms with Gasteiger partial charge in [0.1, 0.15) is 5.75 Å². The zero-order valence-corrected chi connectivity index (χ0v) is 11.6.